The predicted octanol–water partition coefficient (Wildman–Crippen LogP) is 27.1. The Kier molecular flexibility index (Phi) is 16.4. The molecule has 28 rings (SSSR count). The second kappa shape index (κ2) is 28.3. The number of fused-ring (bicyclic) bond motifs is 44. The zero-order valence-corrected chi connectivity index (χ0v) is 70.8. The van der Waals surface area contributed by atoms with Crippen molar-refractivity contribution in [3.8, 4) is 78.1 Å². The molecule has 0 bridgehead atoms. The highest BCUT2D eigenvalue weighted by Crippen LogP contribution is 2.70. The van der Waals surface area contributed by atoms with Crippen LogP contribution < -0.4 is 5.46 Å². The summed E-state index contributed by atoms with van der Waals surface area (Å²) in [4.78, 5) is 20.3. The van der Waals surface area contributed by atoms with Crippen LogP contribution >= 0.6 is 15.9 Å². The monoisotopic (exact) mass is 1690 g/mol. The smallest absolute Gasteiger partial charge is 0.423 e. The number of hydrogen-bond donors (Lipinski definition) is 2. The Labute approximate surface area is 748 Å². The number of rotatable bonds is 4. The quantitative estimate of drug-likeness (QED) is 0.135. The van der Waals surface area contributed by atoms with E-state index in [2.05, 4.69) is 422 Å². The third-order valence-corrected chi connectivity index (χ3v) is 29.2. The molecule has 2 heterocycles. The lowest BCUT2D eigenvalue weighted by Crippen LogP contribution is -2.45. The minimum absolute atomic E-state index is 0.499. The van der Waals surface area contributed by atoms with Crippen LogP contribution in [0.1, 0.15) is 89.0 Å². The first kappa shape index (κ1) is 74.1. The lowest BCUT2D eigenvalue weighted by Gasteiger charge is -2.49. The summed E-state index contributed by atoms with van der Waals surface area (Å²) in [6.07, 6.45) is 3.82. The molecule has 6 nitrogen and oxygen atoms in total. The average molecular weight is 1690 g/mol. The van der Waals surface area contributed by atoms with Gasteiger partial charge in [-0.3, -0.25) is 9.97 Å². The normalized spacial score (nSPS) is 14.1. The molecule has 0 amide bonds. The molecule has 4 spiro atoms. The predicted molar refractivity (Wildman–Crippen MR) is 526 cm³/mol. The van der Waals surface area contributed by atoms with Crippen molar-refractivity contribution in [1.29, 1.82) is 0 Å². The van der Waals surface area contributed by atoms with Gasteiger partial charge in [-0.05, 0) is 196 Å². The van der Waals surface area contributed by atoms with Gasteiger partial charge in [0.15, 0.2) is 0 Å². The van der Waals surface area contributed by atoms with Crippen molar-refractivity contribution in [3.05, 3.63) is 531 Å². The lowest BCUT2D eigenvalue weighted by molar-refractivity contribution is 0.425. The van der Waals surface area contributed by atoms with Gasteiger partial charge in [0.1, 0.15) is 0 Å². The Morgan fingerprint density at radius 1 is 0.195 bits per heavy atom. The van der Waals surface area contributed by atoms with Gasteiger partial charge >= 0.3 is 7.12 Å². The first-order chi connectivity index (χ1) is 63.2. The highest BCUT2D eigenvalue weighted by atomic mass is 79.9. The van der Waals surface area contributed by atoms with Gasteiger partial charge in [-0.1, -0.05) is 416 Å². The van der Waals surface area contributed by atoms with Crippen molar-refractivity contribution in [3.63, 3.8) is 0 Å². The third kappa shape index (κ3) is 10.1. The molecular formula is C120H74BBrN4O2. The number of benzene rings is 20. The summed E-state index contributed by atoms with van der Waals surface area (Å²) in [7, 11) is -1.57. The van der Waals surface area contributed by atoms with E-state index >= 15 is 0 Å². The molecular weight excluding hydrogens is 1620 g/mol. The van der Waals surface area contributed by atoms with Crippen LogP contribution in [0.4, 0.5) is 0 Å². The molecule has 128 heavy (non-hydrogen) atoms. The molecule has 2 aromatic heterocycles. The van der Waals surface area contributed by atoms with Gasteiger partial charge in [0.05, 0.1) is 67.5 Å². The first-order valence-electron chi connectivity index (χ1n) is 43.9. The molecule has 0 fully saturated rings. The SMILES string of the molecule is Brc1cccc(-c2cnc3c4ccccc4c4ccccc4c3n2)c1.OB(O)c1ccc2c(c1)C1(c3ccccc3-c3ccccc31)c1ccccc1C21c2ccccc2-c2ccccc21.c1cc(-c2ccc3c(c2)C2(c4ccccc4-c4ccccc42)c2ccccc2C32c3ccccc3-c3ccccc32)cc(-c2cnc3c4ccccc4c4ccccc4c3n2)c1. The van der Waals surface area contributed by atoms with Crippen LogP contribution in [0.25, 0.3) is 143 Å². The Bertz CT molecular complexity index is 8270. The van der Waals surface area contributed by atoms with Gasteiger partial charge in [0.25, 0.3) is 0 Å². The van der Waals surface area contributed by atoms with Crippen molar-refractivity contribution in [2.24, 2.45) is 0 Å². The van der Waals surface area contributed by atoms with Crippen LogP contribution in [0, 0.1) is 0 Å². The molecule has 0 saturated heterocycles. The van der Waals surface area contributed by atoms with E-state index in [-0.39, 0.29) is 0 Å². The number of nitrogens with zero attached hydrogens (tertiary/aromatic N) is 4. The van der Waals surface area contributed by atoms with E-state index in [4.69, 9.17) is 19.9 Å². The largest absolute Gasteiger partial charge is 0.488 e. The summed E-state index contributed by atoms with van der Waals surface area (Å²) in [6, 6.07) is 154. The van der Waals surface area contributed by atoms with E-state index in [1.165, 1.54) is 155 Å². The molecule has 2 N–H and O–H groups in total. The second-order valence-corrected chi connectivity index (χ2v) is 35.5. The van der Waals surface area contributed by atoms with E-state index in [0.717, 1.165) is 81.7 Å². The summed E-state index contributed by atoms with van der Waals surface area (Å²) in [5.41, 5.74) is 38.9. The average Bonchev–Trinajstić information content (AvgIpc) is 1.45. The van der Waals surface area contributed by atoms with E-state index in [0.29, 0.717) is 5.46 Å². The zero-order chi connectivity index (χ0) is 84.7. The molecule has 596 valence electrons. The highest BCUT2D eigenvalue weighted by Gasteiger charge is 2.61. The van der Waals surface area contributed by atoms with Crippen LogP contribution in [0.5, 0.6) is 0 Å². The van der Waals surface area contributed by atoms with E-state index in [1.54, 1.807) is 0 Å². The van der Waals surface area contributed by atoms with E-state index in [1.807, 2.05) is 30.6 Å². The second-order valence-electron chi connectivity index (χ2n) is 34.6. The van der Waals surface area contributed by atoms with Crippen LogP contribution in [0.3, 0.4) is 0 Å². The molecule has 22 aromatic rings. The summed E-state index contributed by atoms with van der Waals surface area (Å²) < 4.78 is 1.04. The highest BCUT2D eigenvalue weighted by molar-refractivity contribution is 9.10. The molecule has 0 unspecified atom stereocenters. The summed E-state index contributed by atoms with van der Waals surface area (Å²) in [5, 5.41) is 30.3. The molecule has 6 aliphatic carbocycles. The third-order valence-electron chi connectivity index (χ3n) is 28.7. The molecule has 6 aliphatic rings. The van der Waals surface area contributed by atoms with Crippen LogP contribution in [-0.2, 0) is 21.7 Å². The van der Waals surface area contributed by atoms with Crippen LogP contribution in [-0.4, -0.2) is 37.1 Å². The maximum atomic E-state index is 10.5. The summed E-state index contributed by atoms with van der Waals surface area (Å²) in [6.45, 7) is 0. The molecule has 0 aliphatic heterocycles. The molecule has 8 heteroatoms. The number of halogens is 1. The van der Waals surface area contributed by atoms with Crippen molar-refractivity contribution < 1.29 is 10.0 Å². The van der Waals surface area contributed by atoms with Gasteiger partial charge in [0.2, 0.25) is 0 Å². The maximum Gasteiger partial charge on any atom is 0.488 e. The Balaban J connectivity index is 0.000000112. The summed E-state index contributed by atoms with van der Waals surface area (Å²) in [5.74, 6) is 0. The fourth-order valence-electron chi connectivity index (χ4n) is 23.9. The minimum atomic E-state index is -1.57. The zero-order valence-electron chi connectivity index (χ0n) is 69.2. The van der Waals surface area contributed by atoms with Crippen LogP contribution in [0.15, 0.2) is 442 Å². The van der Waals surface area contributed by atoms with Crippen molar-refractivity contribution in [1.82, 2.24) is 19.9 Å². The molecule has 20 aromatic carbocycles. The molecule has 0 saturated carbocycles. The topological polar surface area (TPSA) is 92.0 Å². The Morgan fingerprint density at radius 2 is 0.445 bits per heavy atom. The fraction of sp³-hybridized carbons (Fsp3) is 0.0333. The number of aromatic nitrogens is 4. The minimum Gasteiger partial charge on any atom is -0.423 e. The maximum absolute atomic E-state index is 10.5. The fourth-order valence-corrected chi connectivity index (χ4v) is 24.3. The number of hydrogen-bond acceptors (Lipinski definition) is 6. The van der Waals surface area contributed by atoms with Crippen molar-refractivity contribution >= 4 is 93.7 Å². The van der Waals surface area contributed by atoms with Gasteiger partial charge in [0, 0.05) is 37.1 Å². The Hall–Kier alpha value is -15.4. The van der Waals surface area contributed by atoms with E-state index < -0.39 is 28.8 Å². The van der Waals surface area contributed by atoms with Gasteiger partial charge in [-0.2, -0.15) is 0 Å². The molecule has 0 atom stereocenters. The van der Waals surface area contributed by atoms with Crippen molar-refractivity contribution in [2.45, 2.75) is 21.7 Å². The van der Waals surface area contributed by atoms with Gasteiger partial charge in [-0.15, -0.1) is 0 Å². The van der Waals surface area contributed by atoms with Crippen molar-refractivity contribution in [2.75, 3.05) is 0 Å². The van der Waals surface area contributed by atoms with E-state index in [9.17, 15) is 10.0 Å². The lowest BCUT2D eigenvalue weighted by atomic mass is 9.51. The molecule has 0 radical (unpaired) electrons. The van der Waals surface area contributed by atoms with Gasteiger partial charge in [-0.25, -0.2) is 9.97 Å². The van der Waals surface area contributed by atoms with Crippen LogP contribution in [0.2, 0.25) is 0 Å². The first-order valence-corrected chi connectivity index (χ1v) is 44.7. The standard InChI is InChI=1S/C60H36N2.C38H25BO2.C22H13BrN2/c1-3-24-46-40(18-1)41-19-2-4-25-47(41)58-57(46)61-36-56(62-58)39-17-15-16-37(34-39)38-32-33-54-55(35-38)60(50-28-11-7-22-44(50)45-23-8-12-29-51(45)60)53-31-14-13-30-52(53)59(54)48-26-9-5-20-42(48)43-21-6-10-27-49(43)59;40-39(41)24-21-22-35-36(23-24)38(31-17-7-3-13-27(31)28-14-4-8-18-32(28)38)34-20-10-9-19-33(34)37(35)29-15-5-1-11-25(29)26-12-2-6-16-30(26)37;23-15-7-5-6-14(12-15)20-13-24-21-18-10-3-1-8-16(18)17-9-2-4-11-19(17)22(21)25-20/h1-36H;1-23,40-41H;1-13H. The Morgan fingerprint density at radius 3 is 0.781 bits per heavy atom. The van der Waals surface area contributed by atoms with Gasteiger partial charge < -0.3 is 10.0 Å². The summed E-state index contributed by atoms with van der Waals surface area (Å²) >= 11 is 3.53.